The van der Waals surface area contributed by atoms with Crippen molar-refractivity contribution in [2.75, 3.05) is 0 Å². The molecular weight excluding hydrogens is 348 g/mol. The maximum Gasteiger partial charge on any atom is 0.336 e. The summed E-state index contributed by atoms with van der Waals surface area (Å²) in [4.78, 5) is 11.8. The van der Waals surface area contributed by atoms with Gasteiger partial charge in [0.1, 0.15) is 0 Å². The normalized spacial score (nSPS) is 24.0. The molecule has 26 heavy (non-hydrogen) atoms. The number of carbonyl (C=O) groups is 1. The van der Waals surface area contributed by atoms with Gasteiger partial charge in [0.05, 0.1) is 12.0 Å². The standard InChI is InChI=1S/C22H27ClO3/c1-15(2)18-11-10-16(3)19(20(18)23)12-13-22(4,21(24)25)26-14-17-8-6-5-7-9-17/h5-10,12,18,20H,1,11,13-14H2,2-4H3,(H,24,25)/b19-12-/t18-,20+,22+/m1/s1. The predicted molar refractivity (Wildman–Crippen MR) is 106 cm³/mol. The Hall–Kier alpha value is -1.84. The van der Waals surface area contributed by atoms with E-state index in [4.69, 9.17) is 16.3 Å². The maximum absolute atomic E-state index is 11.8. The molecule has 0 fully saturated rings. The number of carboxylic acid groups (broad SMARTS) is 1. The molecule has 1 aromatic carbocycles. The fourth-order valence-corrected chi connectivity index (χ4v) is 3.61. The molecule has 0 saturated carbocycles. The summed E-state index contributed by atoms with van der Waals surface area (Å²) in [5, 5.41) is 9.51. The molecule has 0 heterocycles. The Bertz CT molecular complexity index is 720. The number of benzene rings is 1. The summed E-state index contributed by atoms with van der Waals surface area (Å²) in [5.41, 5.74) is 2.75. The van der Waals surface area contributed by atoms with Crippen molar-refractivity contribution in [3.05, 3.63) is 71.3 Å². The first-order chi connectivity index (χ1) is 12.2. The highest BCUT2D eigenvalue weighted by Crippen LogP contribution is 2.37. The average Bonchev–Trinajstić information content (AvgIpc) is 2.60. The van der Waals surface area contributed by atoms with E-state index < -0.39 is 11.6 Å². The van der Waals surface area contributed by atoms with Crippen LogP contribution in [0.4, 0.5) is 0 Å². The zero-order valence-corrected chi connectivity index (χ0v) is 16.4. The second-order valence-corrected chi connectivity index (χ2v) is 7.62. The number of carboxylic acids is 1. The van der Waals surface area contributed by atoms with Crippen LogP contribution in [0.25, 0.3) is 0 Å². The van der Waals surface area contributed by atoms with Crippen molar-refractivity contribution in [2.45, 2.75) is 51.2 Å². The van der Waals surface area contributed by atoms with E-state index in [0.29, 0.717) is 0 Å². The minimum absolute atomic E-state index is 0.174. The largest absolute Gasteiger partial charge is 0.479 e. The van der Waals surface area contributed by atoms with Crippen molar-refractivity contribution in [3.63, 3.8) is 0 Å². The van der Waals surface area contributed by atoms with Crippen molar-refractivity contribution < 1.29 is 14.6 Å². The molecule has 0 radical (unpaired) electrons. The van der Waals surface area contributed by atoms with Crippen LogP contribution in [0.5, 0.6) is 0 Å². The summed E-state index contributed by atoms with van der Waals surface area (Å²) < 4.78 is 5.79. The van der Waals surface area contributed by atoms with Crippen LogP contribution in [-0.4, -0.2) is 22.1 Å². The van der Waals surface area contributed by atoms with Crippen molar-refractivity contribution in [1.82, 2.24) is 0 Å². The second kappa shape index (κ2) is 8.70. The minimum Gasteiger partial charge on any atom is -0.479 e. The van der Waals surface area contributed by atoms with Gasteiger partial charge in [0.2, 0.25) is 0 Å². The number of halogens is 1. The van der Waals surface area contributed by atoms with E-state index in [-0.39, 0.29) is 24.3 Å². The van der Waals surface area contributed by atoms with E-state index in [1.54, 1.807) is 6.92 Å². The van der Waals surface area contributed by atoms with Crippen molar-refractivity contribution in [1.29, 1.82) is 0 Å². The Morgan fingerprint density at radius 1 is 1.42 bits per heavy atom. The third-order valence-corrected chi connectivity index (χ3v) is 5.52. The van der Waals surface area contributed by atoms with Crippen LogP contribution in [0.2, 0.25) is 0 Å². The summed E-state index contributed by atoms with van der Waals surface area (Å²) in [6, 6.07) is 9.57. The quantitative estimate of drug-likeness (QED) is 0.505. The van der Waals surface area contributed by atoms with Gasteiger partial charge in [-0.2, -0.15) is 0 Å². The number of allylic oxidation sites excluding steroid dienone is 4. The lowest BCUT2D eigenvalue weighted by atomic mass is 9.81. The van der Waals surface area contributed by atoms with E-state index >= 15 is 0 Å². The van der Waals surface area contributed by atoms with E-state index in [1.165, 1.54) is 0 Å². The highest BCUT2D eigenvalue weighted by Gasteiger charge is 2.35. The molecule has 1 N–H and O–H groups in total. The SMILES string of the molecule is C=C(C)[C@H]1CC=C(C)/C(=C/C[C@](C)(OCc2ccccc2)C(=O)O)[C@H]1Cl. The highest BCUT2D eigenvalue weighted by atomic mass is 35.5. The summed E-state index contributed by atoms with van der Waals surface area (Å²) >= 11 is 6.66. The van der Waals surface area contributed by atoms with Crippen molar-refractivity contribution in [3.8, 4) is 0 Å². The lowest BCUT2D eigenvalue weighted by Crippen LogP contribution is -2.38. The van der Waals surface area contributed by atoms with Gasteiger partial charge in [0.15, 0.2) is 5.60 Å². The molecule has 0 aliphatic heterocycles. The van der Waals surface area contributed by atoms with Crippen LogP contribution >= 0.6 is 11.6 Å². The van der Waals surface area contributed by atoms with Crippen LogP contribution in [0.3, 0.4) is 0 Å². The average molecular weight is 375 g/mol. The molecule has 1 aromatic rings. The van der Waals surface area contributed by atoms with Gasteiger partial charge in [-0.15, -0.1) is 11.6 Å². The Balaban J connectivity index is 2.16. The van der Waals surface area contributed by atoms with Gasteiger partial charge in [-0.05, 0) is 38.3 Å². The monoisotopic (exact) mass is 374 g/mol. The summed E-state index contributed by atoms with van der Waals surface area (Å²) in [7, 11) is 0. The van der Waals surface area contributed by atoms with Gasteiger partial charge < -0.3 is 9.84 Å². The lowest BCUT2D eigenvalue weighted by molar-refractivity contribution is -0.164. The first-order valence-corrected chi connectivity index (χ1v) is 9.26. The van der Waals surface area contributed by atoms with Crippen LogP contribution in [0.15, 0.2) is 65.8 Å². The van der Waals surface area contributed by atoms with Crippen LogP contribution in [-0.2, 0) is 16.1 Å². The summed E-state index contributed by atoms with van der Waals surface area (Å²) in [6.45, 7) is 9.88. The Labute approximate surface area is 161 Å². The number of hydrogen-bond acceptors (Lipinski definition) is 2. The number of ether oxygens (including phenoxy) is 1. The highest BCUT2D eigenvalue weighted by molar-refractivity contribution is 6.23. The van der Waals surface area contributed by atoms with Gasteiger partial charge in [0, 0.05) is 12.3 Å². The van der Waals surface area contributed by atoms with E-state index in [1.807, 2.05) is 50.3 Å². The van der Waals surface area contributed by atoms with E-state index in [9.17, 15) is 9.90 Å². The third-order valence-electron chi connectivity index (χ3n) is 4.98. The Kier molecular flexibility index (Phi) is 6.85. The molecule has 0 aromatic heterocycles. The van der Waals surface area contributed by atoms with Gasteiger partial charge in [-0.25, -0.2) is 4.79 Å². The zero-order chi connectivity index (χ0) is 19.3. The van der Waals surface area contributed by atoms with Gasteiger partial charge in [-0.3, -0.25) is 0 Å². The molecule has 3 nitrogen and oxygen atoms in total. The number of aliphatic carboxylic acids is 1. The predicted octanol–water partition coefficient (Wildman–Crippen LogP) is 5.51. The molecule has 0 saturated heterocycles. The molecule has 3 atom stereocenters. The van der Waals surface area contributed by atoms with Crippen LogP contribution in [0, 0.1) is 5.92 Å². The molecule has 140 valence electrons. The topological polar surface area (TPSA) is 46.5 Å². The van der Waals surface area contributed by atoms with E-state index in [0.717, 1.165) is 28.7 Å². The zero-order valence-electron chi connectivity index (χ0n) is 15.7. The van der Waals surface area contributed by atoms with Gasteiger partial charge in [-0.1, -0.05) is 60.2 Å². The van der Waals surface area contributed by atoms with Crippen molar-refractivity contribution in [2.24, 2.45) is 5.92 Å². The number of rotatable bonds is 7. The minimum atomic E-state index is -1.31. The van der Waals surface area contributed by atoms with Crippen LogP contribution in [0.1, 0.15) is 39.2 Å². The smallest absolute Gasteiger partial charge is 0.336 e. The molecule has 0 unspecified atom stereocenters. The number of hydrogen-bond donors (Lipinski definition) is 1. The first-order valence-electron chi connectivity index (χ1n) is 8.82. The van der Waals surface area contributed by atoms with Crippen LogP contribution < -0.4 is 0 Å². The fourth-order valence-electron chi connectivity index (χ4n) is 3.03. The third kappa shape index (κ3) is 4.87. The second-order valence-electron chi connectivity index (χ2n) is 7.15. The summed E-state index contributed by atoms with van der Waals surface area (Å²) in [6.07, 6.45) is 5.18. The molecule has 0 amide bonds. The first kappa shape index (κ1) is 20.5. The van der Waals surface area contributed by atoms with Gasteiger partial charge in [0.25, 0.3) is 0 Å². The molecule has 0 bridgehead atoms. The maximum atomic E-state index is 11.8. The Morgan fingerprint density at radius 3 is 2.65 bits per heavy atom. The molecule has 2 rings (SSSR count). The molecule has 1 aliphatic carbocycles. The van der Waals surface area contributed by atoms with Gasteiger partial charge >= 0.3 is 5.97 Å². The Morgan fingerprint density at radius 2 is 2.08 bits per heavy atom. The fraction of sp³-hybridized carbons (Fsp3) is 0.409. The van der Waals surface area contributed by atoms with E-state index in [2.05, 4.69) is 12.7 Å². The molecule has 0 spiro atoms. The molecule has 4 heteroatoms. The van der Waals surface area contributed by atoms with Crippen molar-refractivity contribution >= 4 is 17.6 Å². The molecular formula is C22H27ClO3. The summed E-state index contributed by atoms with van der Waals surface area (Å²) in [5.74, 6) is -0.807. The number of alkyl halides is 1. The molecule has 1 aliphatic rings. The lowest BCUT2D eigenvalue weighted by Gasteiger charge is -2.30.